The number of rotatable bonds is 3. The van der Waals surface area contributed by atoms with E-state index in [1.54, 1.807) is 18.9 Å². The summed E-state index contributed by atoms with van der Waals surface area (Å²) < 4.78 is 0. The molecule has 0 radical (unpaired) electrons. The van der Waals surface area contributed by atoms with E-state index < -0.39 is 4.92 Å². The topological polar surface area (TPSA) is 72.2 Å². The molecule has 1 aromatic heterocycles. The predicted octanol–water partition coefficient (Wildman–Crippen LogP) is 3.42. The van der Waals surface area contributed by atoms with Gasteiger partial charge in [0.2, 0.25) is 11.1 Å². The molecule has 6 nitrogen and oxygen atoms in total. The molecule has 20 heavy (non-hydrogen) atoms. The van der Waals surface area contributed by atoms with Crippen molar-refractivity contribution >= 4 is 28.8 Å². The Morgan fingerprint density at radius 1 is 1.30 bits per heavy atom. The Bertz CT molecular complexity index is 675. The number of hydrogen-bond acceptors (Lipinski definition) is 5. The summed E-state index contributed by atoms with van der Waals surface area (Å²) in [5.41, 5.74) is 1.94. The third-order valence-corrected chi connectivity index (χ3v) is 3.07. The van der Waals surface area contributed by atoms with Crippen LogP contribution in [0.4, 0.5) is 17.2 Å². The van der Waals surface area contributed by atoms with Crippen LogP contribution in [-0.4, -0.2) is 21.9 Å². The van der Waals surface area contributed by atoms with Crippen molar-refractivity contribution in [3.8, 4) is 0 Å². The van der Waals surface area contributed by atoms with Gasteiger partial charge in [-0.05, 0) is 43.1 Å². The van der Waals surface area contributed by atoms with Gasteiger partial charge in [-0.25, -0.2) is 4.98 Å². The molecule has 0 unspecified atom stereocenters. The third kappa shape index (κ3) is 2.70. The second kappa shape index (κ2) is 5.42. The van der Waals surface area contributed by atoms with E-state index in [2.05, 4.69) is 9.97 Å². The number of benzene rings is 1. The molecule has 0 fully saturated rings. The zero-order chi connectivity index (χ0) is 14.9. The molecule has 0 spiro atoms. The van der Waals surface area contributed by atoms with Crippen LogP contribution >= 0.6 is 11.6 Å². The van der Waals surface area contributed by atoms with Gasteiger partial charge >= 0.3 is 5.69 Å². The molecule has 0 aliphatic heterocycles. The van der Waals surface area contributed by atoms with Crippen molar-refractivity contribution in [3.63, 3.8) is 0 Å². The molecule has 1 aromatic carbocycles. The first kappa shape index (κ1) is 14.2. The molecule has 0 N–H and O–H groups in total. The first-order valence-corrected chi connectivity index (χ1v) is 6.27. The highest BCUT2D eigenvalue weighted by Crippen LogP contribution is 2.33. The number of aromatic nitrogens is 2. The summed E-state index contributed by atoms with van der Waals surface area (Å²) in [6.07, 6.45) is 0. The maximum atomic E-state index is 11.2. The van der Waals surface area contributed by atoms with E-state index in [-0.39, 0.29) is 22.5 Å². The lowest BCUT2D eigenvalue weighted by atomic mass is 10.2. The lowest BCUT2D eigenvalue weighted by molar-refractivity contribution is -0.385. The Morgan fingerprint density at radius 2 is 2.00 bits per heavy atom. The second-order valence-electron chi connectivity index (χ2n) is 4.41. The lowest BCUT2D eigenvalue weighted by Gasteiger charge is -2.19. The molecule has 104 valence electrons. The summed E-state index contributed by atoms with van der Waals surface area (Å²) in [5, 5.41) is 11.2. The Hall–Kier alpha value is -2.21. The average Bonchev–Trinajstić information content (AvgIpc) is 2.36. The Balaban J connectivity index is 2.59. The van der Waals surface area contributed by atoms with Gasteiger partial charge < -0.3 is 4.90 Å². The van der Waals surface area contributed by atoms with Crippen LogP contribution in [0.15, 0.2) is 24.3 Å². The Kier molecular flexibility index (Phi) is 3.85. The van der Waals surface area contributed by atoms with Crippen LogP contribution in [0.1, 0.15) is 11.3 Å². The van der Waals surface area contributed by atoms with Gasteiger partial charge in [-0.1, -0.05) is 12.1 Å². The van der Waals surface area contributed by atoms with E-state index in [1.807, 2.05) is 31.2 Å². The Labute approximate surface area is 121 Å². The Morgan fingerprint density at radius 3 is 2.60 bits per heavy atom. The van der Waals surface area contributed by atoms with E-state index in [0.29, 0.717) is 0 Å². The number of nitrogens with zero attached hydrogens (tertiary/aromatic N) is 4. The van der Waals surface area contributed by atoms with Crippen molar-refractivity contribution in [2.45, 2.75) is 13.8 Å². The molecule has 0 aliphatic rings. The fourth-order valence-electron chi connectivity index (χ4n) is 1.92. The fraction of sp³-hybridized carbons (Fsp3) is 0.231. The van der Waals surface area contributed by atoms with Crippen LogP contribution in [0.25, 0.3) is 0 Å². The molecule has 1 heterocycles. The molecule has 0 saturated carbocycles. The van der Waals surface area contributed by atoms with E-state index in [4.69, 9.17) is 11.6 Å². The fourth-order valence-corrected chi connectivity index (χ4v) is 2.13. The van der Waals surface area contributed by atoms with Crippen molar-refractivity contribution < 1.29 is 4.92 Å². The third-order valence-electron chi connectivity index (χ3n) is 2.90. The number of hydrogen-bond donors (Lipinski definition) is 0. The smallest absolute Gasteiger partial charge is 0.324 e. The van der Waals surface area contributed by atoms with Crippen LogP contribution in [0.5, 0.6) is 0 Å². The van der Waals surface area contributed by atoms with E-state index in [0.717, 1.165) is 11.3 Å². The monoisotopic (exact) mass is 292 g/mol. The normalized spacial score (nSPS) is 10.4. The quantitative estimate of drug-likeness (QED) is 0.492. The van der Waals surface area contributed by atoms with Gasteiger partial charge in [0.15, 0.2) is 0 Å². The first-order chi connectivity index (χ1) is 9.40. The summed E-state index contributed by atoms with van der Waals surface area (Å²) >= 11 is 5.82. The zero-order valence-corrected chi connectivity index (χ0v) is 12.0. The molecular weight excluding hydrogens is 280 g/mol. The molecule has 0 bridgehead atoms. The maximum Gasteiger partial charge on any atom is 0.333 e. The summed E-state index contributed by atoms with van der Waals surface area (Å²) in [4.78, 5) is 20.2. The van der Waals surface area contributed by atoms with Crippen molar-refractivity contribution in [3.05, 3.63) is 50.9 Å². The summed E-state index contributed by atoms with van der Waals surface area (Å²) in [6, 6.07) is 7.59. The summed E-state index contributed by atoms with van der Waals surface area (Å²) in [6.45, 7) is 3.49. The van der Waals surface area contributed by atoms with Crippen LogP contribution in [-0.2, 0) is 0 Å². The highest BCUT2D eigenvalue weighted by Gasteiger charge is 2.25. The van der Waals surface area contributed by atoms with Gasteiger partial charge in [-0.15, -0.1) is 0 Å². The van der Waals surface area contributed by atoms with Gasteiger partial charge in [0.1, 0.15) is 5.69 Å². The highest BCUT2D eigenvalue weighted by atomic mass is 35.5. The predicted molar refractivity (Wildman–Crippen MR) is 77.7 cm³/mol. The number of halogens is 1. The molecule has 0 amide bonds. The van der Waals surface area contributed by atoms with Gasteiger partial charge in [-0.3, -0.25) is 10.1 Å². The van der Waals surface area contributed by atoms with Crippen LogP contribution in [0, 0.1) is 24.0 Å². The minimum Gasteiger partial charge on any atom is -0.324 e. The van der Waals surface area contributed by atoms with Gasteiger partial charge in [0.05, 0.1) is 4.92 Å². The largest absolute Gasteiger partial charge is 0.333 e. The van der Waals surface area contributed by atoms with Crippen molar-refractivity contribution in [2.24, 2.45) is 0 Å². The SMILES string of the molecule is Cc1cccc(N(C)c2nc(Cl)nc(C)c2[N+](=O)[O-])c1. The maximum absolute atomic E-state index is 11.2. The first-order valence-electron chi connectivity index (χ1n) is 5.89. The van der Waals surface area contributed by atoms with Crippen molar-refractivity contribution in [2.75, 3.05) is 11.9 Å². The number of anilines is 2. The highest BCUT2D eigenvalue weighted by molar-refractivity contribution is 6.28. The van der Waals surface area contributed by atoms with Gasteiger partial charge in [0.25, 0.3) is 0 Å². The van der Waals surface area contributed by atoms with E-state index in [1.165, 1.54) is 0 Å². The van der Waals surface area contributed by atoms with Crippen molar-refractivity contribution in [1.82, 2.24) is 9.97 Å². The lowest BCUT2D eigenvalue weighted by Crippen LogP contribution is -2.15. The summed E-state index contributed by atoms with van der Waals surface area (Å²) in [7, 11) is 1.71. The van der Waals surface area contributed by atoms with Gasteiger partial charge in [-0.2, -0.15) is 4.98 Å². The van der Waals surface area contributed by atoms with Crippen molar-refractivity contribution in [1.29, 1.82) is 0 Å². The van der Waals surface area contributed by atoms with Crippen LogP contribution < -0.4 is 4.90 Å². The minimum absolute atomic E-state index is 0.0115. The van der Waals surface area contributed by atoms with Crippen LogP contribution in [0.2, 0.25) is 5.28 Å². The van der Waals surface area contributed by atoms with Gasteiger partial charge in [0, 0.05) is 12.7 Å². The van der Waals surface area contributed by atoms with E-state index >= 15 is 0 Å². The second-order valence-corrected chi connectivity index (χ2v) is 4.74. The molecule has 0 saturated heterocycles. The molecular formula is C13H13ClN4O2. The molecule has 2 rings (SSSR count). The minimum atomic E-state index is -0.493. The molecule has 0 atom stereocenters. The number of nitro groups is 1. The zero-order valence-electron chi connectivity index (χ0n) is 11.3. The molecule has 7 heteroatoms. The van der Waals surface area contributed by atoms with E-state index in [9.17, 15) is 10.1 Å². The molecule has 2 aromatic rings. The molecule has 0 aliphatic carbocycles. The average molecular weight is 293 g/mol. The standard InChI is InChI=1S/C13H13ClN4O2/c1-8-5-4-6-10(7-8)17(3)12-11(18(19)20)9(2)15-13(14)16-12/h4-7H,1-3H3. The number of aryl methyl sites for hydroxylation is 2. The summed E-state index contributed by atoms with van der Waals surface area (Å²) in [5.74, 6) is 0.179. The van der Waals surface area contributed by atoms with Crippen LogP contribution in [0.3, 0.4) is 0 Å².